The summed E-state index contributed by atoms with van der Waals surface area (Å²) in [6.45, 7) is 0. The summed E-state index contributed by atoms with van der Waals surface area (Å²) in [4.78, 5) is 18.9. The summed E-state index contributed by atoms with van der Waals surface area (Å²) in [6, 6.07) is 1.48. The quantitative estimate of drug-likeness (QED) is 0.654. The Morgan fingerprint density at radius 2 is 2.17 bits per heavy atom. The number of nitrogens with two attached hydrogens (primary N) is 1. The number of aromatic carboxylic acids is 1. The third-order valence-electron chi connectivity index (χ3n) is 2.81. The summed E-state index contributed by atoms with van der Waals surface area (Å²) >= 11 is 0. The number of nitrogen functional groups attached to an aromatic ring is 1. The van der Waals surface area contributed by atoms with Gasteiger partial charge in [0.05, 0.1) is 28.8 Å². The third-order valence-corrected chi connectivity index (χ3v) is 2.81. The van der Waals surface area contributed by atoms with Crippen LogP contribution in [-0.4, -0.2) is 30.8 Å². The fourth-order valence-corrected chi connectivity index (χ4v) is 1.98. The summed E-state index contributed by atoms with van der Waals surface area (Å²) in [5.41, 5.74) is 7.10. The van der Waals surface area contributed by atoms with Gasteiger partial charge in [-0.25, -0.2) is 14.8 Å². The van der Waals surface area contributed by atoms with Crippen molar-refractivity contribution in [3.63, 3.8) is 0 Å². The monoisotopic (exact) mass is 243 g/mol. The molecule has 3 aromatic heterocycles. The number of nitrogens with zero attached hydrogens (tertiary/aromatic N) is 4. The number of fused-ring (bicyclic) bond motifs is 3. The van der Waals surface area contributed by atoms with Crippen molar-refractivity contribution in [2.24, 2.45) is 7.05 Å². The molecular formula is C11H9N5O2. The zero-order chi connectivity index (χ0) is 12.9. The van der Waals surface area contributed by atoms with Gasteiger partial charge in [0.1, 0.15) is 11.5 Å². The molecular weight excluding hydrogens is 234 g/mol. The Kier molecular flexibility index (Phi) is 1.97. The molecule has 0 saturated carbocycles. The maximum absolute atomic E-state index is 10.9. The molecule has 0 aliphatic rings. The van der Waals surface area contributed by atoms with Crippen LogP contribution < -0.4 is 5.73 Å². The lowest BCUT2D eigenvalue weighted by atomic mass is 10.1. The average molecular weight is 243 g/mol. The summed E-state index contributed by atoms with van der Waals surface area (Å²) < 4.78 is 1.64. The summed E-state index contributed by atoms with van der Waals surface area (Å²) in [5, 5.41) is 14.4. The predicted octanol–water partition coefficient (Wildman–Crippen LogP) is 0.797. The van der Waals surface area contributed by atoms with Gasteiger partial charge < -0.3 is 10.8 Å². The molecule has 0 spiro atoms. The maximum Gasteiger partial charge on any atom is 0.354 e. The average Bonchev–Trinajstić information content (AvgIpc) is 2.72. The SMILES string of the molecule is Cn1ncc2c(N)nc3cnc(C(=O)O)cc3c21. The number of pyridine rings is 2. The molecule has 3 rings (SSSR count). The molecule has 0 fully saturated rings. The maximum atomic E-state index is 10.9. The molecule has 0 aliphatic carbocycles. The fraction of sp³-hybridized carbons (Fsp3) is 0.0909. The predicted molar refractivity (Wildman–Crippen MR) is 65.2 cm³/mol. The Bertz CT molecular complexity index is 793. The van der Waals surface area contributed by atoms with Gasteiger partial charge in [0.25, 0.3) is 0 Å². The van der Waals surface area contributed by atoms with Gasteiger partial charge in [-0.1, -0.05) is 0 Å². The van der Waals surface area contributed by atoms with Crippen molar-refractivity contribution in [1.82, 2.24) is 19.7 Å². The first-order valence-corrected chi connectivity index (χ1v) is 5.18. The smallest absolute Gasteiger partial charge is 0.354 e. The highest BCUT2D eigenvalue weighted by Gasteiger charge is 2.13. The first-order chi connectivity index (χ1) is 8.58. The first kappa shape index (κ1) is 10.5. The molecule has 0 aromatic carbocycles. The number of carboxylic acids is 1. The van der Waals surface area contributed by atoms with E-state index in [9.17, 15) is 4.79 Å². The molecule has 3 aromatic rings. The molecule has 3 heterocycles. The van der Waals surface area contributed by atoms with Crippen LogP contribution in [-0.2, 0) is 7.05 Å². The van der Waals surface area contributed by atoms with Crippen molar-refractivity contribution >= 4 is 33.6 Å². The lowest BCUT2D eigenvalue weighted by Crippen LogP contribution is -2.02. The van der Waals surface area contributed by atoms with Crippen LogP contribution in [0.1, 0.15) is 10.5 Å². The van der Waals surface area contributed by atoms with Crippen molar-refractivity contribution < 1.29 is 9.90 Å². The van der Waals surface area contributed by atoms with E-state index in [2.05, 4.69) is 15.1 Å². The van der Waals surface area contributed by atoms with E-state index in [0.717, 1.165) is 5.52 Å². The largest absolute Gasteiger partial charge is 0.477 e. The number of hydrogen-bond acceptors (Lipinski definition) is 5. The number of anilines is 1. The minimum Gasteiger partial charge on any atom is -0.477 e. The molecule has 3 N–H and O–H groups in total. The second-order valence-corrected chi connectivity index (χ2v) is 3.92. The number of aryl methyl sites for hydroxylation is 1. The second kappa shape index (κ2) is 3.39. The van der Waals surface area contributed by atoms with Crippen LogP contribution in [0.15, 0.2) is 18.5 Å². The highest BCUT2D eigenvalue weighted by molar-refractivity contribution is 6.08. The van der Waals surface area contributed by atoms with Crippen LogP contribution in [0.4, 0.5) is 5.82 Å². The van der Waals surface area contributed by atoms with Gasteiger partial charge in [-0.2, -0.15) is 5.10 Å². The van der Waals surface area contributed by atoms with Gasteiger partial charge in [-0.15, -0.1) is 0 Å². The Morgan fingerprint density at radius 1 is 1.39 bits per heavy atom. The Morgan fingerprint density at radius 3 is 2.89 bits per heavy atom. The zero-order valence-electron chi connectivity index (χ0n) is 9.45. The van der Waals surface area contributed by atoms with Crippen LogP contribution in [0.5, 0.6) is 0 Å². The molecule has 90 valence electrons. The van der Waals surface area contributed by atoms with Crippen molar-refractivity contribution in [2.75, 3.05) is 5.73 Å². The molecule has 0 amide bonds. The molecule has 0 unspecified atom stereocenters. The van der Waals surface area contributed by atoms with E-state index in [-0.39, 0.29) is 5.69 Å². The Hall–Kier alpha value is -2.70. The van der Waals surface area contributed by atoms with Crippen molar-refractivity contribution in [3.8, 4) is 0 Å². The van der Waals surface area contributed by atoms with Crippen molar-refractivity contribution in [3.05, 3.63) is 24.2 Å². The topological polar surface area (TPSA) is 107 Å². The van der Waals surface area contributed by atoms with Gasteiger partial charge in [0.15, 0.2) is 0 Å². The van der Waals surface area contributed by atoms with Crippen LogP contribution in [0.25, 0.3) is 21.8 Å². The standard InChI is InChI=1S/C11H9N5O2/c1-16-9-5-2-7(11(17)18)13-4-8(5)15-10(12)6(9)3-14-16/h2-4H,1H3,(H2,12,15)(H,17,18). The van der Waals surface area contributed by atoms with Crippen LogP contribution in [0, 0.1) is 0 Å². The highest BCUT2D eigenvalue weighted by atomic mass is 16.4. The molecule has 0 radical (unpaired) electrons. The third kappa shape index (κ3) is 1.30. The molecule has 18 heavy (non-hydrogen) atoms. The van der Waals surface area contributed by atoms with Gasteiger partial charge in [0, 0.05) is 12.4 Å². The van der Waals surface area contributed by atoms with E-state index in [1.165, 1.54) is 12.3 Å². The summed E-state index contributed by atoms with van der Waals surface area (Å²) in [5.74, 6) is -0.723. The normalized spacial score (nSPS) is 11.2. The van der Waals surface area contributed by atoms with Crippen molar-refractivity contribution in [1.29, 1.82) is 0 Å². The second-order valence-electron chi connectivity index (χ2n) is 3.92. The summed E-state index contributed by atoms with van der Waals surface area (Å²) in [6.07, 6.45) is 3.01. The van der Waals surface area contributed by atoms with Crippen LogP contribution in [0.2, 0.25) is 0 Å². The number of carboxylic acid groups (broad SMARTS) is 1. The van der Waals surface area contributed by atoms with E-state index in [1.54, 1.807) is 17.9 Å². The molecule has 0 atom stereocenters. The fourth-order valence-electron chi connectivity index (χ4n) is 1.98. The lowest BCUT2D eigenvalue weighted by molar-refractivity contribution is 0.0691. The number of carbonyl (C=O) groups is 1. The van der Waals surface area contributed by atoms with Gasteiger partial charge in [0.2, 0.25) is 0 Å². The van der Waals surface area contributed by atoms with Crippen LogP contribution in [0.3, 0.4) is 0 Å². The molecule has 0 bridgehead atoms. The zero-order valence-corrected chi connectivity index (χ0v) is 9.45. The molecule has 7 heteroatoms. The van der Waals surface area contributed by atoms with Gasteiger partial charge in [-0.05, 0) is 6.07 Å². The Labute approximate surface area is 101 Å². The lowest BCUT2D eigenvalue weighted by Gasteiger charge is -2.04. The molecule has 7 nitrogen and oxygen atoms in total. The van der Waals surface area contributed by atoms with E-state index in [1.807, 2.05) is 0 Å². The first-order valence-electron chi connectivity index (χ1n) is 5.18. The van der Waals surface area contributed by atoms with Crippen molar-refractivity contribution in [2.45, 2.75) is 0 Å². The number of hydrogen-bond donors (Lipinski definition) is 2. The van der Waals surface area contributed by atoms with Gasteiger partial charge in [-0.3, -0.25) is 4.68 Å². The van der Waals surface area contributed by atoms with E-state index < -0.39 is 5.97 Å². The molecule has 0 saturated heterocycles. The van der Waals surface area contributed by atoms with E-state index in [4.69, 9.17) is 10.8 Å². The minimum atomic E-state index is -1.08. The summed E-state index contributed by atoms with van der Waals surface area (Å²) in [7, 11) is 1.77. The van der Waals surface area contributed by atoms with Gasteiger partial charge >= 0.3 is 5.97 Å². The number of rotatable bonds is 1. The minimum absolute atomic E-state index is 0.0310. The Balaban J connectivity index is 2.53. The number of aromatic nitrogens is 4. The van der Waals surface area contributed by atoms with Crippen LogP contribution >= 0.6 is 0 Å². The molecule has 0 aliphatic heterocycles. The highest BCUT2D eigenvalue weighted by Crippen LogP contribution is 2.27. The van der Waals surface area contributed by atoms with E-state index in [0.29, 0.717) is 22.1 Å². The van der Waals surface area contributed by atoms with E-state index >= 15 is 0 Å².